The predicted molar refractivity (Wildman–Crippen MR) is 136 cm³/mol. The van der Waals surface area contributed by atoms with Crippen molar-refractivity contribution in [2.24, 2.45) is 0 Å². The number of nitrogens with one attached hydrogen (secondary N) is 2. The number of hydrogen-bond donors (Lipinski definition) is 3. The highest BCUT2D eigenvalue weighted by Crippen LogP contribution is 2.31. The summed E-state index contributed by atoms with van der Waals surface area (Å²) < 4.78 is 4.99. The van der Waals surface area contributed by atoms with E-state index in [1.165, 1.54) is 19.1 Å². The van der Waals surface area contributed by atoms with Crippen LogP contribution in [0.15, 0.2) is 89.7 Å². The van der Waals surface area contributed by atoms with E-state index in [0.29, 0.717) is 33.7 Å². The van der Waals surface area contributed by atoms with Gasteiger partial charge in [0.25, 0.3) is 11.5 Å². The molecule has 4 aromatic rings. The summed E-state index contributed by atoms with van der Waals surface area (Å²) in [6.45, 7) is 1.28. The van der Waals surface area contributed by atoms with Gasteiger partial charge in [0, 0.05) is 24.5 Å². The summed E-state index contributed by atoms with van der Waals surface area (Å²) in [5.41, 5.74) is 1.53. The first-order valence-electron chi connectivity index (χ1n) is 11.4. The number of amides is 1. The molecule has 0 spiro atoms. The SMILES string of the molecule is CC(=O)Oc1ccc(CC(NC(=O)c2c(-c3ccccc3)c(-c3ccccc3)n[nH]c2=O)C(=O)O)cc1. The number of aromatic amines is 1. The fourth-order valence-corrected chi connectivity index (χ4v) is 3.88. The van der Waals surface area contributed by atoms with Crippen LogP contribution in [0.2, 0.25) is 0 Å². The second-order valence-corrected chi connectivity index (χ2v) is 8.19. The molecule has 0 aliphatic heterocycles. The normalized spacial score (nSPS) is 11.4. The minimum atomic E-state index is -1.33. The van der Waals surface area contributed by atoms with Crippen molar-refractivity contribution in [2.75, 3.05) is 0 Å². The number of rotatable bonds is 8. The number of nitrogens with zero attached hydrogens (tertiary/aromatic N) is 1. The van der Waals surface area contributed by atoms with E-state index < -0.39 is 29.4 Å². The molecule has 1 heterocycles. The van der Waals surface area contributed by atoms with Crippen molar-refractivity contribution in [1.82, 2.24) is 15.5 Å². The van der Waals surface area contributed by atoms with Crippen LogP contribution in [0.25, 0.3) is 22.4 Å². The van der Waals surface area contributed by atoms with Gasteiger partial charge < -0.3 is 15.2 Å². The molecule has 1 atom stereocenters. The van der Waals surface area contributed by atoms with E-state index in [1.807, 2.05) is 18.2 Å². The molecule has 4 rings (SSSR count). The van der Waals surface area contributed by atoms with E-state index >= 15 is 0 Å². The summed E-state index contributed by atoms with van der Waals surface area (Å²) in [5, 5.41) is 18.9. The first-order valence-corrected chi connectivity index (χ1v) is 11.4. The molecule has 0 radical (unpaired) electrons. The predicted octanol–water partition coefficient (Wildman–Crippen LogP) is 3.45. The topological polar surface area (TPSA) is 138 Å². The number of hydrogen-bond acceptors (Lipinski definition) is 6. The zero-order valence-corrected chi connectivity index (χ0v) is 19.8. The first kappa shape index (κ1) is 25.1. The summed E-state index contributed by atoms with van der Waals surface area (Å²) in [7, 11) is 0. The Hall–Kier alpha value is -5.05. The summed E-state index contributed by atoms with van der Waals surface area (Å²) in [6, 6.07) is 22.8. The molecule has 0 saturated carbocycles. The number of ether oxygens (including phenoxy) is 1. The maximum Gasteiger partial charge on any atom is 0.326 e. The van der Waals surface area contributed by atoms with Gasteiger partial charge in [-0.3, -0.25) is 14.4 Å². The summed E-state index contributed by atoms with van der Waals surface area (Å²) in [6.07, 6.45) is -0.0589. The van der Waals surface area contributed by atoms with Crippen molar-refractivity contribution >= 4 is 17.8 Å². The van der Waals surface area contributed by atoms with E-state index in [2.05, 4.69) is 15.5 Å². The van der Waals surface area contributed by atoms with Gasteiger partial charge in [-0.05, 0) is 23.3 Å². The van der Waals surface area contributed by atoms with Gasteiger partial charge in [0.1, 0.15) is 17.4 Å². The van der Waals surface area contributed by atoms with Crippen molar-refractivity contribution in [1.29, 1.82) is 0 Å². The maximum absolute atomic E-state index is 13.4. The lowest BCUT2D eigenvalue weighted by Crippen LogP contribution is -2.44. The molecular formula is C28H23N3O6. The van der Waals surface area contributed by atoms with Gasteiger partial charge in [-0.25, -0.2) is 9.89 Å². The van der Waals surface area contributed by atoms with Crippen LogP contribution < -0.4 is 15.6 Å². The van der Waals surface area contributed by atoms with Crippen LogP contribution in [0.1, 0.15) is 22.8 Å². The summed E-state index contributed by atoms with van der Waals surface area (Å²) in [5.74, 6) is -2.28. The largest absolute Gasteiger partial charge is 0.480 e. The zero-order chi connectivity index (χ0) is 26.4. The fourth-order valence-electron chi connectivity index (χ4n) is 3.88. The molecule has 9 heteroatoms. The molecule has 0 aliphatic rings. The highest BCUT2D eigenvalue weighted by Gasteiger charge is 2.27. The van der Waals surface area contributed by atoms with Crippen LogP contribution in [-0.4, -0.2) is 39.2 Å². The van der Waals surface area contributed by atoms with Gasteiger partial charge >= 0.3 is 11.9 Å². The number of carbonyl (C=O) groups excluding carboxylic acids is 2. The smallest absolute Gasteiger partial charge is 0.326 e. The van der Waals surface area contributed by atoms with Crippen molar-refractivity contribution in [2.45, 2.75) is 19.4 Å². The number of benzene rings is 3. The molecule has 0 aliphatic carbocycles. The van der Waals surface area contributed by atoms with Crippen LogP contribution in [0.5, 0.6) is 5.75 Å². The van der Waals surface area contributed by atoms with Crippen molar-refractivity contribution in [3.63, 3.8) is 0 Å². The number of carboxylic acids is 1. The Bertz CT molecular complexity index is 1480. The number of H-pyrrole nitrogens is 1. The van der Waals surface area contributed by atoms with E-state index in [0.717, 1.165) is 0 Å². The van der Waals surface area contributed by atoms with E-state index in [4.69, 9.17) is 4.74 Å². The Morgan fingerprint density at radius 1 is 0.919 bits per heavy atom. The highest BCUT2D eigenvalue weighted by molar-refractivity contribution is 6.04. The monoisotopic (exact) mass is 497 g/mol. The Kier molecular flexibility index (Phi) is 7.53. The molecule has 37 heavy (non-hydrogen) atoms. The van der Waals surface area contributed by atoms with Crippen LogP contribution in [0, 0.1) is 0 Å². The molecule has 0 saturated heterocycles. The average Bonchev–Trinajstić information content (AvgIpc) is 2.89. The Morgan fingerprint density at radius 3 is 2.08 bits per heavy atom. The molecule has 9 nitrogen and oxygen atoms in total. The molecule has 186 valence electrons. The zero-order valence-electron chi connectivity index (χ0n) is 19.8. The average molecular weight is 498 g/mol. The third-order valence-corrected chi connectivity index (χ3v) is 5.55. The van der Waals surface area contributed by atoms with Gasteiger partial charge in [0.15, 0.2) is 0 Å². The highest BCUT2D eigenvalue weighted by atomic mass is 16.5. The van der Waals surface area contributed by atoms with Gasteiger partial charge in [-0.15, -0.1) is 0 Å². The van der Waals surface area contributed by atoms with Crippen molar-refractivity contribution in [3.8, 4) is 28.1 Å². The molecule has 3 N–H and O–H groups in total. The lowest BCUT2D eigenvalue weighted by molar-refractivity contribution is -0.139. The van der Waals surface area contributed by atoms with Gasteiger partial charge in [-0.1, -0.05) is 72.8 Å². The van der Waals surface area contributed by atoms with Crippen LogP contribution in [0.3, 0.4) is 0 Å². The standard InChI is InChI=1S/C28H23N3O6/c1-17(32)37-21-14-12-18(13-15-21)16-22(28(35)36)29-26(33)24-23(19-8-4-2-5-9-19)25(30-31-27(24)34)20-10-6-3-7-11-20/h2-15,22H,16H2,1H3,(H,29,33)(H,31,34)(H,35,36). The number of carboxylic acid groups (broad SMARTS) is 1. The minimum Gasteiger partial charge on any atom is -0.480 e. The second kappa shape index (κ2) is 11.1. The Balaban J connectivity index is 1.70. The second-order valence-electron chi connectivity index (χ2n) is 8.19. The third kappa shape index (κ3) is 5.96. The number of carbonyl (C=O) groups is 3. The molecule has 1 unspecified atom stereocenters. The molecule has 1 aromatic heterocycles. The number of aliphatic carboxylic acids is 1. The third-order valence-electron chi connectivity index (χ3n) is 5.55. The maximum atomic E-state index is 13.4. The lowest BCUT2D eigenvalue weighted by Gasteiger charge is -2.17. The minimum absolute atomic E-state index is 0.0589. The fraction of sp³-hybridized carbons (Fsp3) is 0.107. The number of aromatic nitrogens is 2. The quantitative estimate of drug-likeness (QED) is 0.250. The molecular weight excluding hydrogens is 474 g/mol. The van der Waals surface area contributed by atoms with Crippen molar-refractivity contribution < 1.29 is 24.2 Å². The van der Waals surface area contributed by atoms with Crippen LogP contribution in [-0.2, 0) is 16.0 Å². The first-order chi connectivity index (χ1) is 17.8. The summed E-state index contributed by atoms with van der Waals surface area (Å²) in [4.78, 5) is 49.5. The van der Waals surface area contributed by atoms with E-state index in [9.17, 15) is 24.3 Å². The number of esters is 1. The Morgan fingerprint density at radius 2 is 1.51 bits per heavy atom. The van der Waals surface area contributed by atoms with Crippen LogP contribution in [0.4, 0.5) is 0 Å². The molecule has 3 aromatic carbocycles. The van der Waals surface area contributed by atoms with Gasteiger partial charge in [0.2, 0.25) is 0 Å². The van der Waals surface area contributed by atoms with Gasteiger partial charge in [-0.2, -0.15) is 5.10 Å². The van der Waals surface area contributed by atoms with Crippen LogP contribution >= 0.6 is 0 Å². The van der Waals surface area contributed by atoms with E-state index in [-0.39, 0.29) is 12.0 Å². The van der Waals surface area contributed by atoms with Crippen molar-refractivity contribution in [3.05, 3.63) is 106 Å². The molecule has 0 bridgehead atoms. The Labute approximate surface area is 211 Å². The lowest BCUT2D eigenvalue weighted by atomic mass is 9.95. The molecule has 1 amide bonds. The van der Waals surface area contributed by atoms with Gasteiger partial charge in [0.05, 0.1) is 5.69 Å². The molecule has 0 fully saturated rings. The van der Waals surface area contributed by atoms with E-state index in [1.54, 1.807) is 54.6 Å². The summed E-state index contributed by atoms with van der Waals surface area (Å²) >= 11 is 0.